The van der Waals surface area contributed by atoms with Crippen molar-refractivity contribution in [2.75, 3.05) is 11.9 Å². The molecule has 2 aromatic carbocycles. The third kappa shape index (κ3) is 3.79. The van der Waals surface area contributed by atoms with E-state index in [9.17, 15) is 0 Å². The van der Waals surface area contributed by atoms with Crippen LogP contribution in [-0.4, -0.2) is 26.1 Å². The number of hydrogen-bond donors (Lipinski definition) is 1. The Bertz CT molecular complexity index is 987. The van der Waals surface area contributed by atoms with E-state index in [-0.39, 0.29) is 17.7 Å². The molecular weight excluding hydrogens is 369 g/mol. The molecule has 0 radical (unpaired) electrons. The third-order valence-electron chi connectivity index (χ3n) is 3.95. The molecule has 0 amide bonds. The summed E-state index contributed by atoms with van der Waals surface area (Å²) >= 11 is 6.13. The summed E-state index contributed by atoms with van der Waals surface area (Å²) in [5.41, 5.74) is 3.64. The normalized spacial score (nSPS) is 10.5. The lowest BCUT2D eigenvalue weighted by Gasteiger charge is -2.08. The number of nitrogens with zero attached hydrogens (tertiary/aromatic N) is 4. The molecule has 4 rings (SSSR count). The number of aromatic nitrogens is 4. The summed E-state index contributed by atoms with van der Waals surface area (Å²) in [4.78, 5) is 13.1. The number of nitrogens with one attached hydrogen (secondary N) is 1. The van der Waals surface area contributed by atoms with Crippen molar-refractivity contribution in [1.82, 2.24) is 19.5 Å². The summed E-state index contributed by atoms with van der Waals surface area (Å²) in [5.74, 6) is 0.653. The standard InChI is InChI=1S/C19H16ClN5.ClH/c20-19-23-17(21-12-11-14-7-3-1-4-8-14)16-18(24-19)25(13-22-16)15-9-5-2-6-10-15;/h1-10,13H,11-12H2,(H,21,23,24);1H. The van der Waals surface area contributed by atoms with Crippen molar-refractivity contribution in [1.29, 1.82) is 0 Å². The predicted octanol–water partition coefficient (Wildman–Crippen LogP) is 4.55. The van der Waals surface area contributed by atoms with Gasteiger partial charge in [0.15, 0.2) is 17.0 Å². The lowest BCUT2D eigenvalue weighted by molar-refractivity contribution is 1.00. The molecule has 0 spiro atoms. The van der Waals surface area contributed by atoms with Gasteiger partial charge in [-0.15, -0.1) is 12.4 Å². The van der Waals surface area contributed by atoms with Gasteiger partial charge in [0.05, 0.1) is 0 Å². The van der Waals surface area contributed by atoms with Gasteiger partial charge in [-0.1, -0.05) is 48.5 Å². The van der Waals surface area contributed by atoms with E-state index in [1.54, 1.807) is 6.33 Å². The van der Waals surface area contributed by atoms with Gasteiger partial charge < -0.3 is 5.32 Å². The van der Waals surface area contributed by atoms with Gasteiger partial charge >= 0.3 is 0 Å². The molecule has 7 heteroatoms. The highest BCUT2D eigenvalue weighted by molar-refractivity contribution is 6.28. The van der Waals surface area contributed by atoms with Crippen molar-refractivity contribution in [3.63, 3.8) is 0 Å². The van der Waals surface area contributed by atoms with Gasteiger partial charge in [-0.25, -0.2) is 4.98 Å². The lowest BCUT2D eigenvalue weighted by Crippen LogP contribution is -2.08. The molecule has 0 fully saturated rings. The maximum absolute atomic E-state index is 6.13. The van der Waals surface area contributed by atoms with E-state index in [0.29, 0.717) is 17.0 Å². The molecule has 0 aliphatic heterocycles. The summed E-state index contributed by atoms with van der Waals surface area (Å²) in [6, 6.07) is 20.2. The Morgan fingerprint density at radius 3 is 2.35 bits per heavy atom. The first-order valence-corrected chi connectivity index (χ1v) is 8.43. The largest absolute Gasteiger partial charge is 0.368 e. The molecule has 0 atom stereocenters. The first kappa shape index (κ1) is 18.2. The number of benzene rings is 2. The van der Waals surface area contributed by atoms with Crippen LogP contribution in [0.15, 0.2) is 67.0 Å². The van der Waals surface area contributed by atoms with Crippen LogP contribution in [-0.2, 0) is 6.42 Å². The molecule has 0 aliphatic carbocycles. The average Bonchev–Trinajstić information content (AvgIpc) is 3.07. The van der Waals surface area contributed by atoms with Crippen LogP contribution in [0.2, 0.25) is 5.28 Å². The average molecular weight is 386 g/mol. The van der Waals surface area contributed by atoms with Crippen molar-refractivity contribution in [2.45, 2.75) is 6.42 Å². The fraction of sp³-hybridized carbons (Fsp3) is 0.105. The van der Waals surface area contributed by atoms with Crippen LogP contribution < -0.4 is 5.32 Å². The molecule has 5 nitrogen and oxygen atoms in total. The molecule has 2 heterocycles. The summed E-state index contributed by atoms with van der Waals surface area (Å²) < 4.78 is 1.91. The second-order valence-corrected chi connectivity index (χ2v) is 5.96. The summed E-state index contributed by atoms with van der Waals surface area (Å²) in [6.07, 6.45) is 2.64. The van der Waals surface area contributed by atoms with E-state index < -0.39 is 0 Å². The molecule has 0 bridgehead atoms. The van der Waals surface area contributed by atoms with Crippen LogP contribution in [0.25, 0.3) is 16.9 Å². The van der Waals surface area contributed by atoms with Crippen LogP contribution >= 0.6 is 24.0 Å². The maximum atomic E-state index is 6.13. The van der Waals surface area contributed by atoms with Crippen LogP contribution in [0, 0.1) is 0 Å². The predicted molar refractivity (Wildman–Crippen MR) is 108 cm³/mol. The number of anilines is 1. The Morgan fingerprint density at radius 2 is 1.62 bits per heavy atom. The number of hydrogen-bond acceptors (Lipinski definition) is 4. The molecule has 4 aromatic rings. The minimum absolute atomic E-state index is 0. The molecule has 0 aliphatic rings. The molecule has 132 valence electrons. The smallest absolute Gasteiger partial charge is 0.226 e. The molecule has 0 saturated carbocycles. The van der Waals surface area contributed by atoms with E-state index in [2.05, 4.69) is 32.4 Å². The highest BCUT2D eigenvalue weighted by Gasteiger charge is 2.13. The van der Waals surface area contributed by atoms with Crippen molar-refractivity contribution < 1.29 is 0 Å². The zero-order valence-electron chi connectivity index (χ0n) is 13.8. The van der Waals surface area contributed by atoms with Crippen LogP contribution in [0.1, 0.15) is 5.56 Å². The third-order valence-corrected chi connectivity index (χ3v) is 4.12. The summed E-state index contributed by atoms with van der Waals surface area (Å²) in [5, 5.41) is 3.53. The highest BCUT2D eigenvalue weighted by atomic mass is 35.5. The van der Waals surface area contributed by atoms with Crippen molar-refractivity contribution in [3.05, 3.63) is 77.8 Å². The quantitative estimate of drug-likeness (QED) is 0.512. The number of para-hydroxylation sites is 1. The van der Waals surface area contributed by atoms with E-state index >= 15 is 0 Å². The fourth-order valence-electron chi connectivity index (χ4n) is 2.74. The number of halogens is 2. The summed E-state index contributed by atoms with van der Waals surface area (Å²) in [7, 11) is 0. The van der Waals surface area contributed by atoms with Crippen molar-refractivity contribution >= 4 is 41.0 Å². The molecule has 2 aromatic heterocycles. The Hall–Kier alpha value is -2.63. The highest BCUT2D eigenvalue weighted by Crippen LogP contribution is 2.23. The van der Waals surface area contributed by atoms with Gasteiger partial charge in [0, 0.05) is 12.2 Å². The molecular formula is C19H17Cl2N5. The van der Waals surface area contributed by atoms with E-state index in [1.165, 1.54) is 5.56 Å². The zero-order chi connectivity index (χ0) is 17.1. The van der Waals surface area contributed by atoms with Crippen LogP contribution in [0.5, 0.6) is 0 Å². The maximum Gasteiger partial charge on any atom is 0.226 e. The molecule has 26 heavy (non-hydrogen) atoms. The number of imidazole rings is 1. The SMILES string of the molecule is Cl.Clc1nc(NCCc2ccccc2)c2ncn(-c3ccccc3)c2n1. The lowest BCUT2D eigenvalue weighted by atomic mass is 10.1. The monoisotopic (exact) mass is 385 g/mol. The second-order valence-electron chi connectivity index (χ2n) is 5.63. The van der Waals surface area contributed by atoms with Crippen molar-refractivity contribution in [2.24, 2.45) is 0 Å². The molecule has 1 N–H and O–H groups in total. The first-order valence-electron chi connectivity index (χ1n) is 8.05. The van der Waals surface area contributed by atoms with E-state index in [1.807, 2.05) is 53.1 Å². The van der Waals surface area contributed by atoms with Gasteiger partial charge in [-0.3, -0.25) is 4.57 Å². The van der Waals surface area contributed by atoms with Gasteiger partial charge in [0.2, 0.25) is 5.28 Å². The van der Waals surface area contributed by atoms with Crippen molar-refractivity contribution in [3.8, 4) is 5.69 Å². The topological polar surface area (TPSA) is 55.6 Å². The Morgan fingerprint density at radius 1 is 0.923 bits per heavy atom. The van der Waals surface area contributed by atoms with Crippen LogP contribution in [0.4, 0.5) is 5.82 Å². The molecule has 0 saturated heterocycles. The summed E-state index contributed by atoms with van der Waals surface area (Å²) in [6.45, 7) is 0.741. The minimum Gasteiger partial charge on any atom is -0.368 e. The molecule has 0 unspecified atom stereocenters. The van der Waals surface area contributed by atoms with Gasteiger partial charge in [-0.05, 0) is 35.7 Å². The van der Waals surface area contributed by atoms with Gasteiger partial charge in [0.25, 0.3) is 0 Å². The number of fused-ring (bicyclic) bond motifs is 1. The van der Waals surface area contributed by atoms with Gasteiger partial charge in [0.1, 0.15) is 6.33 Å². The Labute approximate surface area is 162 Å². The fourth-order valence-corrected chi connectivity index (χ4v) is 2.91. The van der Waals surface area contributed by atoms with E-state index in [4.69, 9.17) is 11.6 Å². The Balaban J connectivity index is 0.00000196. The van der Waals surface area contributed by atoms with E-state index in [0.717, 1.165) is 18.7 Å². The zero-order valence-corrected chi connectivity index (χ0v) is 15.4. The number of rotatable bonds is 5. The Kier molecular flexibility index (Phi) is 5.71. The second kappa shape index (κ2) is 8.17. The van der Waals surface area contributed by atoms with Crippen LogP contribution in [0.3, 0.4) is 0 Å². The minimum atomic E-state index is 0. The first-order chi connectivity index (χ1) is 12.3. The van der Waals surface area contributed by atoms with Gasteiger partial charge in [-0.2, -0.15) is 9.97 Å².